The summed E-state index contributed by atoms with van der Waals surface area (Å²) < 4.78 is 0. The highest BCUT2D eigenvalue weighted by Gasteiger charge is 2.42. The second kappa shape index (κ2) is 5.81. The smallest absolute Gasteiger partial charge is 0.326 e. The molecule has 0 aliphatic carbocycles. The van der Waals surface area contributed by atoms with Crippen molar-refractivity contribution in [3.8, 4) is 0 Å². The number of β-amino-alcohol motifs (C(OH)–C–C–N with tert-alkyl or cyclic N) is 1. The molecule has 3 aliphatic rings. The third-order valence-electron chi connectivity index (χ3n) is 4.92. The van der Waals surface area contributed by atoms with E-state index in [0.29, 0.717) is 19.1 Å². The molecule has 0 aromatic carbocycles. The van der Waals surface area contributed by atoms with E-state index in [1.165, 1.54) is 17.7 Å². The topological polar surface area (TPSA) is 84.3 Å². The van der Waals surface area contributed by atoms with Crippen LogP contribution >= 0.6 is 0 Å². The Hall–Kier alpha value is -1.34. The lowest BCUT2D eigenvalue weighted by Crippen LogP contribution is -2.59. The summed E-state index contributed by atoms with van der Waals surface area (Å²) in [4.78, 5) is 29.4. The predicted octanol–water partition coefficient (Wildman–Crippen LogP) is -0.204. The number of amides is 2. The van der Waals surface area contributed by atoms with E-state index >= 15 is 0 Å². The minimum atomic E-state index is -1.03. The molecule has 0 spiro atoms. The number of aliphatic hydroxyl groups is 1. The van der Waals surface area contributed by atoms with Gasteiger partial charge in [0.1, 0.15) is 6.04 Å². The molecule has 3 heterocycles. The number of hydrogen-bond acceptors (Lipinski definition) is 4. The fourth-order valence-electron chi connectivity index (χ4n) is 3.77. The second-order valence-corrected chi connectivity index (χ2v) is 6.31. The van der Waals surface area contributed by atoms with Crippen LogP contribution in [0, 0.1) is 0 Å². The number of carbonyl (C=O) groups excluding carboxylic acids is 1. The van der Waals surface area contributed by atoms with Gasteiger partial charge in [0.2, 0.25) is 0 Å². The van der Waals surface area contributed by atoms with Crippen LogP contribution in [0.5, 0.6) is 0 Å². The number of carboxylic acids is 1. The molecular formula is C14H23N3O4. The Morgan fingerprint density at radius 3 is 2.62 bits per heavy atom. The maximum Gasteiger partial charge on any atom is 0.326 e. The van der Waals surface area contributed by atoms with E-state index in [1.54, 1.807) is 4.90 Å². The molecule has 0 bridgehead atoms. The van der Waals surface area contributed by atoms with E-state index in [9.17, 15) is 19.8 Å². The van der Waals surface area contributed by atoms with Crippen molar-refractivity contribution in [3.05, 3.63) is 0 Å². The van der Waals surface area contributed by atoms with Gasteiger partial charge in [-0.25, -0.2) is 9.59 Å². The normalized spacial score (nSPS) is 33.9. The van der Waals surface area contributed by atoms with Gasteiger partial charge in [0.15, 0.2) is 0 Å². The molecule has 7 heteroatoms. The van der Waals surface area contributed by atoms with Crippen molar-refractivity contribution in [1.29, 1.82) is 0 Å². The number of aliphatic hydroxyl groups excluding tert-OH is 1. The van der Waals surface area contributed by atoms with Crippen LogP contribution in [0.3, 0.4) is 0 Å². The largest absolute Gasteiger partial charge is 0.480 e. The third-order valence-corrected chi connectivity index (χ3v) is 4.92. The maximum atomic E-state index is 12.6. The molecule has 1 unspecified atom stereocenters. The quantitative estimate of drug-likeness (QED) is 0.700. The molecule has 0 aromatic rings. The van der Waals surface area contributed by atoms with Crippen LogP contribution in [0.2, 0.25) is 0 Å². The molecule has 3 rings (SSSR count). The minimum Gasteiger partial charge on any atom is -0.480 e. The van der Waals surface area contributed by atoms with E-state index in [0.717, 1.165) is 19.5 Å². The average Bonchev–Trinajstić information content (AvgIpc) is 2.88. The number of nitrogens with zero attached hydrogens (tertiary/aromatic N) is 3. The first kappa shape index (κ1) is 14.6. The standard InChI is InChI=1S/C14H23N3O4/c18-11-7-12(13(19)20)17(9-11)14(21)16-6-5-15-4-2-1-3-10(15)8-16/h10-12,18H,1-9H2,(H,19,20)/t10?,11-,12+/m1/s1. The van der Waals surface area contributed by atoms with Crippen LogP contribution in [-0.4, -0.2) is 87.8 Å². The lowest BCUT2D eigenvalue weighted by molar-refractivity contribution is -0.141. The van der Waals surface area contributed by atoms with Crippen molar-refractivity contribution in [2.24, 2.45) is 0 Å². The number of urea groups is 1. The monoisotopic (exact) mass is 297 g/mol. The number of likely N-dealkylation sites (tertiary alicyclic amines) is 1. The van der Waals surface area contributed by atoms with Crippen LogP contribution in [-0.2, 0) is 4.79 Å². The van der Waals surface area contributed by atoms with Crippen molar-refractivity contribution < 1.29 is 19.8 Å². The molecule has 3 saturated heterocycles. The Kier molecular flexibility index (Phi) is 4.03. The van der Waals surface area contributed by atoms with Crippen LogP contribution in [0.25, 0.3) is 0 Å². The Bertz CT molecular complexity index is 430. The lowest BCUT2D eigenvalue weighted by Gasteiger charge is -2.45. The molecule has 118 valence electrons. The van der Waals surface area contributed by atoms with Gasteiger partial charge in [-0.3, -0.25) is 4.90 Å². The molecule has 0 saturated carbocycles. The number of aliphatic carboxylic acids is 1. The summed E-state index contributed by atoms with van der Waals surface area (Å²) in [6.07, 6.45) is 2.93. The lowest BCUT2D eigenvalue weighted by atomic mass is 10.00. The van der Waals surface area contributed by atoms with Gasteiger partial charge in [-0.15, -0.1) is 0 Å². The fourth-order valence-corrected chi connectivity index (χ4v) is 3.77. The van der Waals surface area contributed by atoms with Crippen molar-refractivity contribution in [1.82, 2.24) is 14.7 Å². The van der Waals surface area contributed by atoms with E-state index in [-0.39, 0.29) is 19.0 Å². The molecule has 2 N–H and O–H groups in total. The fraction of sp³-hybridized carbons (Fsp3) is 0.857. The predicted molar refractivity (Wildman–Crippen MR) is 74.9 cm³/mol. The van der Waals surface area contributed by atoms with E-state index in [1.807, 2.05) is 0 Å². The first-order chi connectivity index (χ1) is 10.1. The summed E-state index contributed by atoms with van der Waals surface area (Å²) in [5, 5.41) is 18.9. The Morgan fingerprint density at radius 2 is 1.86 bits per heavy atom. The first-order valence-electron chi connectivity index (χ1n) is 7.76. The van der Waals surface area contributed by atoms with Gasteiger partial charge in [-0.1, -0.05) is 6.42 Å². The molecule has 21 heavy (non-hydrogen) atoms. The van der Waals surface area contributed by atoms with Crippen LogP contribution in [0.1, 0.15) is 25.7 Å². The second-order valence-electron chi connectivity index (χ2n) is 6.31. The van der Waals surface area contributed by atoms with Gasteiger partial charge in [-0.05, 0) is 19.4 Å². The molecule has 0 aromatic heterocycles. The van der Waals surface area contributed by atoms with Crippen LogP contribution in [0.15, 0.2) is 0 Å². The van der Waals surface area contributed by atoms with Crippen LogP contribution in [0.4, 0.5) is 4.79 Å². The van der Waals surface area contributed by atoms with Gasteiger partial charge < -0.3 is 20.0 Å². The number of rotatable bonds is 1. The molecule has 3 aliphatic heterocycles. The van der Waals surface area contributed by atoms with Gasteiger partial charge in [0.05, 0.1) is 6.10 Å². The van der Waals surface area contributed by atoms with E-state index in [4.69, 9.17) is 0 Å². The highest BCUT2D eigenvalue weighted by Crippen LogP contribution is 2.24. The Morgan fingerprint density at radius 1 is 1.05 bits per heavy atom. The highest BCUT2D eigenvalue weighted by atomic mass is 16.4. The summed E-state index contributed by atoms with van der Waals surface area (Å²) in [5.74, 6) is -1.03. The number of hydrogen-bond donors (Lipinski definition) is 2. The zero-order chi connectivity index (χ0) is 15.0. The van der Waals surface area contributed by atoms with Crippen molar-refractivity contribution in [3.63, 3.8) is 0 Å². The number of carbonyl (C=O) groups is 2. The zero-order valence-electron chi connectivity index (χ0n) is 12.1. The number of piperazine rings is 1. The molecule has 7 nitrogen and oxygen atoms in total. The Labute approximate surface area is 124 Å². The highest BCUT2D eigenvalue weighted by molar-refractivity contribution is 5.83. The van der Waals surface area contributed by atoms with Crippen molar-refractivity contribution in [2.75, 3.05) is 32.7 Å². The number of carboxylic acid groups (broad SMARTS) is 1. The maximum absolute atomic E-state index is 12.6. The molecular weight excluding hydrogens is 274 g/mol. The summed E-state index contributed by atoms with van der Waals surface area (Å²) in [7, 11) is 0. The number of fused-ring (bicyclic) bond motifs is 1. The summed E-state index contributed by atoms with van der Waals surface area (Å²) in [6.45, 7) is 3.42. The van der Waals surface area contributed by atoms with Crippen molar-refractivity contribution >= 4 is 12.0 Å². The molecule has 0 radical (unpaired) electrons. The van der Waals surface area contributed by atoms with Gasteiger partial charge in [0, 0.05) is 38.6 Å². The Balaban J connectivity index is 1.66. The molecule has 3 atom stereocenters. The molecule has 2 amide bonds. The van der Waals surface area contributed by atoms with Gasteiger partial charge >= 0.3 is 12.0 Å². The van der Waals surface area contributed by atoms with Crippen LogP contribution < -0.4 is 0 Å². The van der Waals surface area contributed by atoms with E-state index < -0.39 is 18.1 Å². The first-order valence-corrected chi connectivity index (χ1v) is 7.76. The zero-order valence-corrected chi connectivity index (χ0v) is 12.1. The van der Waals surface area contributed by atoms with E-state index in [2.05, 4.69) is 4.90 Å². The number of piperidine rings is 1. The van der Waals surface area contributed by atoms with Gasteiger partial charge in [-0.2, -0.15) is 0 Å². The van der Waals surface area contributed by atoms with Crippen molar-refractivity contribution in [2.45, 2.75) is 43.9 Å². The third kappa shape index (κ3) is 2.85. The summed E-state index contributed by atoms with van der Waals surface area (Å²) in [5.41, 5.74) is 0. The summed E-state index contributed by atoms with van der Waals surface area (Å²) in [6, 6.07) is -0.715. The average molecular weight is 297 g/mol. The molecule has 3 fully saturated rings. The van der Waals surface area contributed by atoms with Gasteiger partial charge in [0.25, 0.3) is 0 Å². The minimum absolute atomic E-state index is 0.126. The summed E-state index contributed by atoms with van der Waals surface area (Å²) >= 11 is 0. The SMILES string of the molecule is O=C(O)[C@@H]1C[C@@H](O)CN1C(=O)N1CCN2CCCCC2C1.